The number of halogens is 1. The first-order valence-electron chi connectivity index (χ1n) is 5.40. The van der Waals surface area contributed by atoms with Crippen molar-refractivity contribution in [3.05, 3.63) is 22.3 Å². The van der Waals surface area contributed by atoms with Crippen molar-refractivity contribution < 1.29 is 14.3 Å². The predicted octanol–water partition coefficient (Wildman–Crippen LogP) is 1.81. The minimum Gasteiger partial charge on any atom is -0.354 e. The van der Waals surface area contributed by atoms with Crippen LogP contribution in [0.15, 0.2) is 16.7 Å². The molecule has 0 aliphatic carbocycles. The molecule has 0 bridgehead atoms. The van der Waals surface area contributed by atoms with Gasteiger partial charge in [-0.15, -0.1) is 0 Å². The summed E-state index contributed by atoms with van der Waals surface area (Å²) in [6.45, 7) is 0.849. The Bertz CT molecular complexity index is 451. The van der Waals surface area contributed by atoms with Gasteiger partial charge in [-0.2, -0.15) is 0 Å². The molecule has 0 saturated carbocycles. The molecule has 2 amide bonds. The monoisotopic (exact) mass is 315 g/mol. The van der Waals surface area contributed by atoms with Crippen LogP contribution in [0.5, 0.6) is 0 Å². The number of fused-ring (bicyclic) bond motifs is 1. The summed E-state index contributed by atoms with van der Waals surface area (Å²) >= 11 is 3.36. The summed E-state index contributed by atoms with van der Waals surface area (Å²) in [4.78, 5) is 17.6. The van der Waals surface area contributed by atoms with Gasteiger partial charge in [0.05, 0.1) is 13.1 Å². The SMILES string of the molecule is COC(CN1Cc2cc(Br)cnc2NC1=O)OC. The third kappa shape index (κ3) is 2.80. The van der Waals surface area contributed by atoms with Crippen molar-refractivity contribution in [2.45, 2.75) is 12.8 Å². The van der Waals surface area contributed by atoms with Crippen molar-refractivity contribution in [3.8, 4) is 0 Å². The molecule has 0 aromatic carbocycles. The first kappa shape index (κ1) is 13.3. The van der Waals surface area contributed by atoms with E-state index in [1.807, 2.05) is 6.07 Å². The lowest BCUT2D eigenvalue weighted by atomic mass is 10.2. The normalized spacial score (nSPS) is 14.7. The molecule has 0 atom stereocenters. The van der Waals surface area contributed by atoms with Crippen molar-refractivity contribution in [1.29, 1.82) is 0 Å². The van der Waals surface area contributed by atoms with E-state index in [1.54, 1.807) is 25.3 Å². The molecule has 1 aliphatic rings. The summed E-state index contributed by atoms with van der Waals surface area (Å²) in [5.41, 5.74) is 0.954. The lowest BCUT2D eigenvalue weighted by Crippen LogP contribution is -2.44. The quantitative estimate of drug-likeness (QED) is 0.861. The van der Waals surface area contributed by atoms with Gasteiger partial charge in [0, 0.05) is 30.5 Å². The number of nitrogens with zero attached hydrogens (tertiary/aromatic N) is 2. The van der Waals surface area contributed by atoms with Crippen molar-refractivity contribution >= 4 is 27.8 Å². The van der Waals surface area contributed by atoms with Crippen LogP contribution in [0.4, 0.5) is 10.6 Å². The fourth-order valence-corrected chi connectivity index (χ4v) is 2.12. The number of urea groups is 1. The highest BCUT2D eigenvalue weighted by molar-refractivity contribution is 9.10. The second kappa shape index (κ2) is 5.64. The standard InChI is InChI=1S/C11H14BrN3O3/c1-17-9(18-2)6-15-5-7-3-8(12)4-13-10(7)14-11(15)16/h3-4,9H,5-6H2,1-2H3,(H,13,14,16). The minimum atomic E-state index is -0.433. The Balaban J connectivity index is 2.14. The van der Waals surface area contributed by atoms with Gasteiger partial charge < -0.3 is 14.4 Å². The Kier molecular flexibility index (Phi) is 4.15. The van der Waals surface area contributed by atoms with Crippen LogP contribution in [0.1, 0.15) is 5.56 Å². The van der Waals surface area contributed by atoms with Gasteiger partial charge >= 0.3 is 6.03 Å². The molecule has 98 valence electrons. The fourth-order valence-electron chi connectivity index (χ4n) is 1.74. The smallest absolute Gasteiger partial charge is 0.323 e. The van der Waals surface area contributed by atoms with Crippen molar-refractivity contribution in [1.82, 2.24) is 9.88 Å². The van der Waals surface area contributed by atoms with Gasteiger partial charge in [0.15, 0.2) is 6.29 Å². The molecular formula is C11H14BrN3O3. The third-order valence-corrected chi connectivity index (χ3v) is 3.14. The average Bonchev–Trinajstić information content (AvgIpc) is 2.36. The number of aromatic nitrogens is 1. The average molecular weight is 316 g/mol. The molecule has 1 aliphatic heterocycles. The lowest BCUT2D eigenvalue weighted by Gasteiger charge is -2.30. The second-order valence-corrected chi connectivity index (χ2v) is 4.79. The Morgan fingerprint density at radius 3 is 2.94 bits per heavy atom. The molecule has 1 aromatic rings. The molecule has 0 saturated heterocycles. The highest BCUT2D eigenvalue weighted by atomic mass is 79.9. The number of pyridine rings is 1. The van der Waals surface area contributed by atoms with E-state index in [0.717, 1.165) is 10.0 Å². The number of amides is 2. The van der Waals surface area contributed by atoms with E-state index in [1.165, 1.54) is 0 Å². The van der Waals surface area contributed by atoms with Crippen LogP contribution in [0.25, 0.3) is 0 Å². The number of carbonyl (C=O) groups excluding carboxylic acids is 1. The number of carbonyl (C=O) groups is 1. The Labute approximate surface area is 113 Å². The van der Waals surface area contributed by atoms with Crippen LogP contribution >= 0.6 is 15.9 Å². The summed E-state index contributed by atoms with van der Waals surface area (Å²) in [7, 11) is 3.09. The Morgan fingerprint density at radius 1 is 1.56 bits per heavy atom. The van der Waals surface area contributed by atoms with Crippen molar-refractivity contribution in [2.24, 2.45) is 0 Å². The second-order valence-electron chi connectivity index (χ2n) is 3.87. The van der Waals surface area contributed by atoms with Crippen LogP contribution in [-0.4, -0.2) is 43.0 Å². The molecule has 18 heavy (non-hydrogen) atoms. The summed E-state index contributed by atoms with van der Waals surface area (Å²) in [6.07, 6.45) is 1.22. The molecule has 2 rings (SSSR count). The van der Waals surface area contributed by atoms with Gasteiger partial charge in [0.2, 0.25) is 0 Å². The molecule has 2 heterocycles. The first-order valence-corrected chi connectivity index (χ1v) is 6.19. The molecule has 0 radical (unpaired) electrons. The highest BCUT2D eigenvalue weighted by Gasteiger charge is 2.25. The largest absolute Gasteiger partial charge is 0.354 e. The molecule has 0 spiro atoms. The minimum absolute atomic E-state index is 0.198. The highest BCUT2D eigenvalue weighted by Crippen LogP contribution is 2.24. The Morgan fingerprint density at radius 2 is 2.28 bits per heavy atom. The zero-order chi connectivity index (χ0) is 13.1. The van der Waals surface area contributed by atoms with Gasteiger partial charge in [-0.1, -0.05) is 0 Å². The summed E-state index contributed by atoms with van der Waals surface area (Å²) in [6, 6.07) is 1.74. The number of rotatable bonds is 4. The fraction of sp³-hybridized carbons (Fsp3) is 0.455. The number of ether oxygens (including phenoxy) is 2. The van der Waals surface area contributed by atoms with Crippen LogP contribution in [-0.2, 0) is 16.0 Å². The van der Waals surface area contributed by atoms with E-state index in [2.05, 4.69) is 26.2 Å². The van der Waals surface area contributed by atoms with Crippen LogP contribution in [0.3, 0.4) is 0 Å². The summed E-state index contributed by atoms with van der Waals surface area (Å²) in [5, 5.41) is 2.73. The lowest BCUT2D eigenvalue weighted by molar-refractivity contribution is -0.111. The number of hydrogen-bond acceptors (Lipinski definition) is 4. The number of anilines is 1. The molecule has 6 nitrogen and oxygen atoms in total. The van der Waals surface area contributed by atoms with Crippen molar-refractivity contribution in [3.63, 3.8) is 0 Å². The number of nitrogens with one attached hydrogen (secondary N) is 1. The maximum absolute atomic E-state index is 11.9. The molecule has 0 fully saturated rings. The zero-order valence-corrected chi connectivity index (χ0v) is 11.7. The predicted molar refractivity (Wildman–Crippen MR) is 69.2 cm³/mol. The van der Waals surface area contributed by atoms with E-state index in [9.17, 15) is 4.79 Å². The van der Waals surface area contributed by atoms with Crippen molar-refractivity contribution in [2.75, 3.05) is 26.1 Å². The first-order chi connectivity index (χ1) is 8.63. The maximum atomic E-state index is 11.9. The van der Waals surface area contributed by atoms with E-state index in [-0.39, 0.29) is 6.03 Å². The van der Waals surface area contributed by atoms with Crippen LogP contribution < -0.4 is 5.32 Å². The summed E-state index contributed by atoms with van der Waals surface area (Å²) < 4.78 is 11.1. The van der Waals surface area contributed by atoms with Gasteiger partial charge in [0.25, 0.3) is 0 Å². The van der Waals surface area contributed by atoms with Gasteiger partial charge in [0.1, 0.15) is 5.82 Å². The number of hydrogen-bond donors (Lipinski definition) is 1. The number of methoxy groups -OCH3 is 2. The molecule has 1 aromatic heterocycles. The summed E-state index contributed by atoms with van der Waals surface area (Å²) in [5.74, 6) is 0.603. The Hall–Kier alpha value is -1.18. The van der Waals surface area contributed by atoms with E-state index in [0.29, 0.717) is 18.9 Å². The van der Waals surface area contributed by atoms with Gasteiger partial charge in [-0.25, -0.2) is 9.78 Å². The maximum Gasteiger partial charge on any atom is 0.323 e. The molecular weight excluding hydrogens is 302 g/mol. The zero-order valence-electron chi connectivity index (χ0n) is 10.1. The van der Waals surface area contributed by atoms with Crippen LogP contribution in [0.2, 0.25) is 0 Å². The van der Waals surface area contributed by atoms with Crippen LogP contribution in [0, 0.1) is 0 Å². The molecule has 1 N–H and O–H groups in total. The van der Waals surface area contributed by atoms with E-state index >= 15 is 0 Å². The van der Waals surface area contributed by atoms with Gasteiger partial charge in [-0.05, 0) is 22.0 Å². The molecule has 0 unspecified atom stereocenters. The topological polar surface area (TPSA) is 63.7 Å². The molecule has 7 heteroatoms. The van der Waals surface area contributed by atoms with E-state index < -0.39 is 6.29 Å². The van der Waals surface area contributed by atoms with Gasteiger partial charge in [-0.3, -0.25) is 5.32 Å². The van der Waals surface area contributed by atoms with E-state index in [4.69, 9.17) is 9.47 Å². The third-order valence-electron chi connectivity index (χ3n) is 2.70.